The summed E-state index contributed by atoms with van der Waals surface area (Å²) in [7, 11) is 0. The van der Waals surface area contributed by atoms with Crippen molar-refractivity contribution in [2.24, 2.45) is 5.92 Å². The van der Waals surface area contributed by atoms with Crippen molar-refractivity contribution in [3.05, 3.63) is 0 Å². The van der Waals surface area contributed by atoms with Crippen LogP contribution in [0.5, 0.6) is 0 Å². The van der Waals surface area contributed by atoms with Crippen molar-refractivity contribution >= 4 is 29.2 Å². The summed E-state index contributed by atoms with van der Waals surface area (Å²) in [6.07, 6.45) is 3.43. The highest BCUT2D eigenvalue weighted by Crippen LogP contribution is 2.10. The van der Waals surface area contributed by atoms with E-state index < -0.39 is 5.02 Å². The van der Waals surface area contributed by atoms with Gasteiger partial charge in [0.1, 0.15) is 0 Å². The minimum absolute atomic E-state index is 0.321. The lowest BCUT2D eigenvalue weighted by atomic mass is 10.1. The van der Waals surface area contributed by atoms with E-state index in [1.165, 1.54) is 0 Å². The van der Waals surface area contributed by atoms with Gasteiger partial charge in [0.05, 0.1) is 0 Å². The van der Waals surface area contributed by atoms with Gasteiger partial charge >= 0.3 is 5.97 Å². The smallest absolute Gasteiger partial charge is 0.308 e. The van der Waals surface area contributed by atoms with E-state index in [1.807, 2.05) is 0 Å². The van der Waals surface area contributed by atoms with Crippen molar-refractivity contribution in [2.45, 2.75) is 44.6 Å². The molecule has 0 aliphatic carbocycles. The molecule has 4 heteroatoms. The summed E-state index contributed by atoms with van der Waals surface area (Å²) in [4.78, 5) is 10.9. The third-order valence-electron chi connectivity index (χ3n) is 1.63. The highest BCUT2D eigenvalue weighted by atomic mass is 35.5. The maximum absolute atomic E-state index is 10.9. The Labute approximate surface area is 89.5 Å². The number of esters is 1. The summed E-state index contributed by atoms with van der Waals surface area (Å²) >= 11 is 10.5. The normalized spacial score (nSPS) is 10.9. The lowest BCUT2D eigenvalue weighted by molar-refractivity contribution is -0.143. The molecule has 0 atom stereocenters. The third kappa shape index (κ3) is 9.97. The van der Waals surface area contributed by atoms with Gasteiger partial charge in [-0.1, -0.05) is 49.9 Å². The molecule has 78 valence electrons. The fraction of sp³-hybridized carbons (Fsp3) is 0.889. The number of alkyl halides is 2. The number of ether oxygens (including phenoxy) is 1. The van der Waals surface area contributed by atoms with Crippen LogP contribution in [0.4, 0.5) is 0 Å². The average Bonchev–Trinajstić information content (AvgIpc) is 1.96. The average molecular weight is 227 g/mol. The van der Waals surface area contributed by atoms with Crippen LogP contribution in [-0.2, 0) is 9.53 Å². The molecule has 13 heavy (non-hydrogen) atoms. The molecule has 0 rings (SSSR count). The Bertz CT molecular complexity index is 147. The first-order valence-corrected chi connectivity index (χ1v) is 5.37. The van der Waals surface area contributed by atoms with Crippen LogP contribution in [0.1, 0.15) is 39.5 Å². The quantitative estimate of drug-likeness (QED) is 0.394. The zero-order valence-corrected chi connectivity index (χ0v) is 9.57. The second-order valence-electron chi connectivity index (χ2n) is 3.39. The minimum atomic E-state index is -1.03. The Balaban J connectivity index is 3.27. The molecule has 2 nitrogen and oxygen atoms in total. The van der Waals surface area contributed by atoms with E-state index in [2.05, 4.69) is 18.6 Å². The minimum Gasteiger partial charge on any atom is -0.431 e. The van der Waals surface area contributed by atoms with Gasteiger partial charge in [0, 0.05) is 6.42 Å². The van der Waals surface area contributed by atoms with E-state index in [9.17, 15) is 4.79 Å². The summed E-state index contributed by atoms with van der Waals surface area (Å²) in [6.45, 7) is 4.32. The van der Waals surface area contributed by atoms with E-state index in [0.29, 0.717) is 12.3 Å². The van der Waals surface area contributed by atoms with Crippen LogP contribution in [0.25, 0.3) is 0 Å². The molecule has 0 aromatic carbocycles. The molecule has 0 saturated carbocycles. The molecule has 0 aromatic heterocycles. The van der Waals surface area contributed by atoms with Crippen LogP contribution in [0.2, 0.25) is 0 Å². The summed E-state index contributed by atoms with van der Waals surface area (Å²) in [5.41, 5.74) is 0. The van der Waals surface area contributed by atoms with Gasteiger partial charge in [0.15, 0.2) is 0 Å². The molecule has 0 aromatic rings. The molecule has 0 radical (unpaired) electrons. The zero-order valence-electron chi connectivity index (χ0n) is 8.06. The van der Waals surface area contributed by atoms with Gasteiger partial charge in [-0.2, -0.15) is 0 Å². The first-order valence-electron chi connectivity index (χ1n) is 4.50. The number of hydrogen-bond acceptors (Lipinski definition) is 2. The van der Waals surface area contributed by atoms with Crippen LogP contribution >= 0.6 is 23.2 Å². The topological polar surface area (TPSA) is 26.3 Å². The van der Waals surface area contributed by atoms with Crippen molar-refractivity contribution in [2.75, 3.05) is 0 Å². The number of hydrogen-bond donors (Lipinski definition) is 0. The van der Waals surface area contributed by atoms with Crippen LogP contribution < -0.4 is 0 Å². The van der Waals surface area contributed by atoms with E-state index in [4.69, 9.17) is 23.2 Å². The summed E-state index contributed by atoms with van der Waals surface area (Å²) in [5, 5.41) is -1.03. The molecule has 0 aliphatic rings. The molecular formula is C9H16Cl2O2. The predicted octanol–water partition coefficient (Wildman–Crippen LogP) is 3.51. The molecule has 0 saturated heterocycles. The van der Waals surface area contributed by atoms with Crippen molar-refractivity contribution in [3.63, 3.8) is 0 Å². The fourth-order valence-corrected chi connectivity index (χ4v) is 1.18. The van der Waals surface area contributed by atoms with Gasteiger partial charge in [-0.15, -0.1) is 0 Å². The van der Waals surface area contributed by atoms with Crippen LogP contribution in [0.3, 0.4) is 0 Å². The number of halogens is 2. The molecule has 0 amide bonds. The molecular weight excluding hydrogens is 211 g/mol. The maximum Gasteiger partial charge on any atom is 0.308 e. The Morgan fingerprint density at radius 2 is 1.92 bits per heavy atom. The maximum atomic E-state index is 10.9. The van der Waals surface area contributed by atoms with E-state index in [-0.39, 0.29) is 5.97 Å². The summed E-state index contributed by atoms with van der Waals surface area (Å²) in [5.74, 6) is 0.364. The Hall–Kier alpha value is 0.0500. The predicted molar refractivity (Wildman–Crippen MR) is 54.9 cm³/mol. The lowest BCUT2D eigenvalue weighted by Gasteiger charge is -2.05. The lowest BCUT2D eigenvalue weighted by Crippen LogP contribution is -2.07. The first kappa shape index (κ1) is 13.1. The number of rotatable bonds is 6. The molecule has 0 aliphatic heterocycles. The van der Waals surface area contributed by atoms with Gasteiger partial charge in [0.25, 0.3) is 5.02 Å². The van der Waals surface area contributed by atoms with E-state index >= 15 is 0 Å². The number of carbonyl (C=O) groups is 1. The molecule has 0 heterocycles. The Kier molecular flexibility index (Phi) is 7.48. The highest BCUT2D eigenvalue weighted by Gasteiger charge is 2.07. The fourth-order valence-electron chi connectivity index (χ4n) is 0.980. The van der Waals surface area contributed by atoms with Crippen molar-refractivity contribution in [1.82, 2.24) is 0 Å². The van der Waals surface area contributed by atoms with Gasteiger partial charge in [0.2, 0.25) is 0 Å². The SMILES string of the molecule is CC(C)CCCCC(=O)OC(Cl)Cl. The van der Waals surface area contributed by atoms with Gasteiger partial charge in [-0.05, 0) is 12.3 Å². The number of carbonyl (C=O) groups excluding carboxylic acids is 1. The first-order chi connectivity index (χ1) is 6.02. The van der Waals surface area contributed by atoms with E-state index in [1.54, 1.807) is 0 Å². The second kappa shape index (κ2) is 7.45. The third-order valence-corrected chi connectivity index (χ3v) is 1.81. The van der Waals surface area contributed by atoms with Gasteiger partial charge < -0.3 is 4.74 Å². The van der Waals surface area contributed by atoms with Crippen molar-refractivity contribution in [1.29, 1.82) is 0 Å². The van der Waals surface area contributed by atoms with Crippen molar-refractivity contribution < 1.29 is 9.53 Å². The highest BCUT2D eigenvalue weighted by molar-refractivity contribution is 6.43. The van der Waals surface area contributed by atoms with Gasteiger partial charge in [-0.25, -0.2) is 0 Å². The molecule has 0 N–H and O–H groups in total. The molecule has 0 unspecified atom stereocenters. The standard InChI is InChI=1S/C9H16Cl2O2/c1-7(2)5-3-4-6-8(12)13-9(10)11/h7,9H,3-6H2,1-2H3. The molecule has 0 spiro atoms. The summed E-state index contributed by atoms with van der Waals surface area (Å²) in [6, 6.07) is 0. The summed E-state index contributed by atoms with van der Waals surface area (Å²) < 4.78 is 4.55. The van der Waals surface area contributed by atoms with Crippen molar-refractivity contribution in [3.8, 4) is 0 Å². The Morgan fingerprint density at radius 3 is 2.38 bits per heavy atom. The van der Waals surface area contributed by atoms with Gasteiger partial charge in [-0.3, -0.25) is 4.79 Å². The van der Waals surface area contributed by atoms with Crippen LogP contribution in [-0.4, -0.2) is 11.0 Å². The largest absolute Gasteiger partial charge is 0.431 e. The van der Waals surface area contributed by atoms with E-state index in [0.717, 1.165) is 19.3 Å². The number of unbranched alkanes of at least 4 members (excludes halogenated alkanes) is 1. The Morgan fingerprint density at radius 1 is 1.31 bits per heavy atom. The zero-order chi connectivity index (χ0) is 10.3. The van der Waals surface area contributed by atoms with Crippen LogP contribution in [0, 0.1) is 5.92 Å². The van der Waals surface area contributed by atoms with Crippen LogP contribution in [0.15, 0.2) is 0 Å². The molecule has 0 fully saturated rings. The monoisotopic (exact) mass is 226 g/mol. The second-order valence-corrected chi connectivity index (χ2v) is 4.41. The molecule has 0 bridgehead atoms.